The molecule has 0 unspecified atom stereocenters. The second-order valence-electron chi connectivity index (χ2n) is 2.71. The summed E-state index contributed by atoms with van der Waals surface area (Å²) in [5.74, 6) is 0. The van der Waals surface area contributed by atoms with E-state index in [1.54, 1.807) is 0 Å². The Morgan fingerprint density at radius 2 is 1.33 bits per heavy atom. The smallest absolute Gasteiger partial charge is 0.324 e. The van der Waals surface area contributed by atoms with Gasteiger partial charge in [0.2, 0.25) is 0 Å². The molecule has 9 heavy (non-hydrogen) atoms. The summed E-state index contributed by atoms with van der Waals surface area (Å²) in [4.78, 5) is 16.9. The standard InChI is InChI=1S/C4H11O3P.Cu/c1-4(2,3)8(5,6)7;/h1-3H3,(H2,5,6,7);. The van der Waals surface area contributed by atoms with Crippen LogP contribution in [0.1, 0.15) is 20.8 Å². The van der Waals surface area contributed by atoms with Gasteiger partial charge >= 0.3 is 7.60 Å². The summed E-state index contributed by atoms with van der Waals surface area (Å²) in [5.41, 5.74) is 0. The monoisotopic (exact) mass is 201 g/mol. The van der Waals surface area contributed by atoms with Crippen LogP contribution < -0.4 is 0 Å². The molecule has 1 radical (unpaired) electrons. The van der Waals surface area contributed by atoms with E-state index in [4.69, 9.17) is 9.79 Å². The molecule has 0 aromatic rings. The van der Waals surface area contributed by atoms with Gasteiger partial charge in [-0.25, -0.2) is 0 Å². The molecular formula is C4H11CuO3P. The van der Waals surface area contributed by atoms with Gasteiger partial charge in [-0.15, -0.1) is 0 Å². The molecule has 0 atom stereocenters. The van der Waals surface area contributed by atoms with Gasteiger partial charge < -0.3 is 9.79 Å². The minimum absolute atomic E-state index is 0. The van der Waals surface area contributed by atoms with Crippen molar-refractivity contribution in [3.05, 3.63) is 0 Å². The molecule has 5 heteroatoms. The summed E-state index contributed by atoms with van der Waals surface area (Å²) < 4.78 is 10.3. The van der Waals surface area contributed by atoms with Crippen molar-refractivity contribution in [2.24, 2.45) is 0 Å². The quantitative estimate of drug-likeness (QED) is 0.454. The molecule has 61 valence electrons. The molecule has 0 fully saturated rings. The molecule has 0 aromatic heterocycles. The minimum atomic E-state index is -3.85. The summed E-state index contributed by atoms with van der Waals surface area (Å²) in [6, 6.07) is 0. The van der Waals surface area contributed by atoms with Gasteiger partial charge in [0.25, 0.3) is 0 Å². The third kappa shape index (κ3) is 4.12. The largest absolute Gasteiger partial charge is 0.330 e. The van der Waals surface area contributed by atoms with E-state index in [1.807, 2.05) is 0 Å². The summed E-state index contributed by atoms with van der Waals surface area (Å²) in [5, 5.41) is -0.896. The summed E-state index contributed by atoms with van der Waals surface area (Å²) in [7, 11) is -3.85. The van der Waals surface area contributed by atoms with Crippen LogP contribution in [0.2, 0.25) is 0 Å². The van der Waals surface area contributed by atoms with E-state index in [0.29, 0.717) is 0 Å². The first-order valence-corrected chi connectivity index (χ1v) is 3.92. The van der Waals surface area contributed by atoms with Crippen LogP contribution in [-0.2, 0) is 21.6 Å². The first-order valence-electron chi connectivity index (χ1n) is 2.31. The molecule has 0 bridgehead atoms. The van der Waals surface area contributed by atoms with Crippen molar-refractivity contribution in [1.29, 1.82) is 0 Å². The van der Waals surface area contributed by atoms with Crippen LogP contribution in [0.3, 0.4) is 0 Å². The first kappa shape index (κ1) is 12.4. The fourth-order valence-corrected chi connectivity index (χ4v) is 0. The molecule has 0 aliphatic rings. The molecule has 0 saturated carbocycles. The second kappa shape index (κ2) is 3.18. The number of rotatable bonds is 0. The van der Waals surface area contributed by atoms with Crippen LogP contribution in [-0.4, -0.2) is 14.9 Å². The van der Waals surface area contributed by atoms with Crippen molar-refractivity contribution in [1.82, 2.24) is 0 Å². The van der Waals surface area contributed by atoms with E-state index in [2.05, 4.69) is 0 Å². The summed E-state index contributed by atoms with van der Waals surface area (Å²) in [6.45, 7) is 4.52. The van der Waals surface area contributed by atoms with Crippen molar-refractivity contribution in [3.63, 3.8) is 0 Å². The molecule has 2 N–H and O–H groups in total. The van der Waals surface area contributed by atoms with Crippen molar-refractivity contribution in [3.8, 4) is 0 Å². The topological polar surface area (TPSA) is 57.5 Å². The zero-order valence-electron chi connectivity index (χ0n) is 5.55. The van der Waals surface area contributed by atoms with E-state index in [9.17, 15) is 4.57 Å². The van der Waals surface area contributed by atoms with Gasteiger partial charge in [-0.1, -0.05) is 0 Å². The molecule has 0 saturated heterocycles. The van der Waals surface area contributed by atoms with Crippen molar-refractivity contribution in [2.75, 3.05) is 0 Å². The maximum absolute atomic E-state index is 10.3. The zero-order valence-corrected chi connectivity index (χ0v) is 7.39. The molecule has 0 spiro atoms. The van der Waals surface area contributed by atoms with Crippen LogP contribution >= 0.6 is 7.60 Å². The molecule has 0 heterocycles. The Bertz CT molecular complexity index is 122. The van der Waals surface area contributed by atoms with E-state index < -0.39 is 12.8 Å². The molecule has 0 rings (SSSR count). The van der Waals surface area contributed by atoms with Crippen LogP contribution in [0, 0.1) is 0 Å². The van der Waals surface area contributed by atoms with Crippen molar-refractivity contribution >= 4 is 7.60 Å². The van der Waals surface area contributed by atoms with Crippen LogP contribution in [0.4, 0.5) is 0 Å². The Hall–Kier alpha value is 0.669. The first-order chi connectivity index (χ1) is 3.25. The SMILES string of the molecule is CC(C)(C)P(=O)(O)O.[Cu]. The van der Waals surface area contributed by atoms with Crippen LogP contribution in [0.15, 0.2) is 0 Å². The molecule has 3 nitrogen and oxygen atoms in total. The molecule has 0 amide bonds. The van der Waals surface area contributed by atoms with E-state index in [-0.39, 0.29) is 17.1 Å². The number of hydrogen-bond acceptors (Lipinski definition) is 1. The Balaban J connectivity index is 0. The third-order valence-corrected chi connectivity index (χ3v) is 2.62. The van der Waals surface area contributed by atoms with Gasteiger partial charge in [-0.05, 0) is 20.8 Å². The maximum atomic E-state index is 10.3. The fourth-order valence-electron chi connectivity index (χ4n) is 0. The Morgan fingerprint density at radius 3 is 1.33 bits per heavy atom. The molecular weight excluding hydrogens is 191 g/mol. The van der Waals surface area contributed by atoms with Gasteiger partial charge in [0.15, 0.2) is 0 Å². The average Bonchev–Trinajstić information content (AvgIpc) is 1.25. The maximum Gasteiger partial charge on any atom is 0.330 e. The van der Waals surface area contributed by atoms with E-state index >= 15 is 0 Å². The predicted octanol–water partition coefficient (Wildman–Crippen LogP) is 0.960. The van der Waals surface area contributed by atoms with Crippen LogP contribution in [0.25, 0.3) is 0 Å². The normalized spacial score (nSPS) is 12.6. The Morgan fingerprint density at radius 1 is 1.22 bits per heavy atom. The third-order valence-electron chi connectivity index (χ3n) is 0.874. The van der Waals surface area contributed by atoms with Gasteiger partial charge in [-0.2, -0.15) is 0 Å². The number of hydrogen-bond donors (Lipinski definition) is 2. The molecule has 0 aliphatic heterocycles. The average molecular weight is 202 g/mol. The van der Waals surface area contributed by atoms with Gasteiger partial charge in [0.1, 0.15) is 0 Å². The summed E-state index contributed by atoms with van der Waals surface area (Å²) >= 11 is 0. The van der Waals surface area contributed by atoms with Gasteiger partial charge in [0.05, 0.1) is 5.16 Å². The van der Waals surface area contributed by atoms with Gasteiger partial charge in [-0.3, -0.25) is 4.57 Å². The van der Waals surface area contributed by atoms with Crippen molar-refractivity contribution < 1.29 is 31.4 Å². The van der Waals surface area contributed by atoms with Crippen LogP contribution in [0.5, 0.6) is 0 Å². The Kier molecular flexibility index (Phi) is 4.36. The predicted molar refractivity (Wildman–Crippen MR) is 31.8 cm³/mol. The van der Waals surface area contributed by atoms with Crippen molar-refractivity contribution in [2.45, 2.75) is 25.9 Å². The minimum Gasteiger partial charge on any atom is -0.324 e. The molecule has 0 aromatic carbocycles. The summed E-state index contributed by atoms with van der Waals surface area (Å²) in [6.07, 6.45) is 0. The van der Waals surface area contributed by atoms with E-state index in [0.717, 1.165) is 0 Å². The zero-order chi connectivity index (χ0) is 7.00. The molecule has 0 aliphatic carbocycles. The van der Waals surface area contributed by atoms with Gasteiger partial charge in [0, 0.05) is 17.1 Å². The van der Waals surface area contributed by atoms with E-state index in [1.165, 1.54) is 20.8 Å². The second-order valence-corrected chi connectivity index (χ2v) is 5.14. The fraction of sp³-hybridized carbons (Fsp3) is 1.00. The Labute approximate surface area is 65.5 Å².